The van der Waals surface area contributed by atoms with Crippen molar-refractivity contribution in [2.45, 2.75) is 13.5 Å². The van der Waals surface area contributed by atoms with Gasteiger partial charge in [0.1, 0.15) is 5.82 Å². The summed E-state index contributed by atoms with van der Waals surface area (Å²) < 4.78 is 18.3. The Morgan fingerprint density at radius 3 is 2.71 bits per heavy atom. The second kappa shape index (κ2) is 8.13. The van der Waals surface area contributed by atoms with Gasteiger partial charge in [-0.3, -0.25) is 4.79 Å². The van der Waals surface area contributed by atoms with Crippen LogP contribution in [0, 0.1) is 12.7 Å². The first-order valence-corrected chi connectivity index (χ1v) is 7.88. The number of aryl methyl sites for hydroxylation is 1. The summed E-state index contributed by atoms with van der Waals surface area (Å²) in [7, 11) is 1.57. The molecule has 0 bridgehead atoms. The molecule has 1 amide bonds. The molecule has 2 aromatic rings. The summed E-state index contributed by atoms with van der Waals surface area (Å²) in [5, 5.41) is 0.287. The Kier molecular flexibility index (Phi) is 6.17. The molecule has 0 saturated carbocycles. The highest BCUT2D eigenvalue weighted by atomic mass is 35.5. The van der Waals surface area contributed by atoms with Crippen LogP contribution in [0.3, 0.4) is 0 Å². The largest absolute Gasteiger partial charge is 0.399 e. The normalized spacial score (nSPS) is 10.7. The van der Waals surface area contributed by atoms with Crippen LogP contribution in [-0.2, 0) is 11.3 Å². The number of anilines is 1. The van der Waals surface area contributed by atoms with Crippen LogP contribution in [0.2, 0.25) is 5.02 Å². The van der Waals surface area contributed by atoms with Crippen LogP contribution in [0.5, 0.6) is 0 Å². The van der Waals surface area contributed by atoms with Gasteiger partial charge in [0.25, 0.3) is 5.91 Å². The molecule has 0 saturated heterocycles. The average molecular weight is 351 g/mol. The number of methoxy groups -OCH3 is 1. The van der Waals surface area contributed by atoms with Gasteiger partial charge in [-0.15, -0.1) is 0 Å². The summed E-state index contributed by atoms with van der Waals surface area (Å²) in [6.07, 6.45) is 0. The molecule has 0 aliphatic rings. The van der Waals surface area contributed by atoms with E-state index in [4.69, 9.17) is 22.1 Å². The SMILES string of the molecule is COCCN(Cc1ccc(F)cc1Cl)C(=O)c1cc(N)ccc1C. The lowest BCUT2D eigenvalue weighted by atomic mass is 10.1. The lowest BCUT2D eigenvalue weighted by Gasteiger charge is -2.24. The van der Waals surface area contributed by atoms with Gasteiger partial charge in [-0.05, 0) is 42.3 Å². The highest BCUT2D eigenvalue weighted by Crippen LogP contribution is 2.21. The molecule has 0 fully saturated rings. The third kappa shape index (κ3) is 4.46. The van der Waals surface area contributed by atoms with Gasteiger partial charge >= 0.3 is 0 Å². The maximum absolute atomic E-state index is 13.2. The van der Waals surface area contributed by atoms with Gasteiger partial charge in [0.05, 0.1) is 6.61 Å². The van der Waals surface area contributed by atoms with E-state index in [1.165, 1.54) is 12.1 Å². The van der Waals surface area contributed by atoms with Gasteiger partial charge in [-0.25, -0.2) is 4.39 Å². The molecule has 128 valence electrons. The van der Waals surface area contributed by atoms with E-state index >= 15 is 0 Å². The molecule has 0 unspecified atom stereocenters. The quantitative estimate of drug-likeness (QED) is 0.809. The lowest BCUT2D eigenvalue weighted by Crippen LogP contribution is -2.34. The van der Waals surface area contributed by atoms with E-state index in [9.17, 15) is 9.18 Å². The molecule has 2 N–H and O–H groups in total. The van der Waals surface area contributed by atoms with Crippen LogP contribution in [0.25, 0.3) is 0 Å². The fourth-order valence-electron chi connectivity index (χ4n) is 2.35. The van der Waals surface area contributed by atoms with Crippen molar-refractivity contribution in [2.75, 3.05) is 26.0 Å². The number of carbonyl (C=O) groups excluding carboxylic acids is 1. The number of benzene rings is 2. The molecule has 2 rings (SSSR count). The van der Waals surface area contributed by atoms with E-state index < -0.39 is 5.82 Å². The van der Waals surface area contributed by atoms with E-state index in [1.54, 1.807) is 30.2 Å². The summed E-state index contributed by atoms with van der Waals surface area (Å²) in [6, 6.07) is 9.36. The van der Waals surface area contributed by atoms with Crippen molar-refractivity contribution in [1.29, 1.82) is 0 Å². The average Bonchev–Trinajstić information content (AvgIpc) is 2.55. The van der Waals surface area contributed by atoms with E-state index in [-0.39, 0.29) is 17.5 Å². The van der Waals surface area contributed by atoms with Crippen molar-refractivity contribution in [3.05, 3.63) is 63.9 Å². The number of nitrogen functional groups attached to an aromatic ring is 1. The number of halogens is 2. The Bertz CT molecular complexity index is 737. The number of ether oxygens (including phenoxy) is 1. The predicted molar refractivity (Wildman–Crippen MR) is 93.6 cm³/mol. The summed E-state index contributed by atoms with van der Waals surface area (Å²) in [4.78, 5) is 14.5. The molecule has 4 nitrogen and oxygen atoms in total. The van der Waals surface area contributed by atoms with E-state index in [1.807, 2.05) is 13.0 Å². The highest BCUT2D eigenvalue weighted by Gasteiger charge is 2.19. The van der Waals surface area contributed by atoms with Crippen molar-refractivity contribution >= 4 is 23.2 Å². The lowest BCUT2D eigenvalue weighted by molar-refractivity contribution is 0.0680. The fourth-order valence-corrected chi connectivity index (χ4v) is 2.58. The van der Waals surface area contributed by atoms with E-state index in [0.29, 0.717) is 30.0 Å². The van der Waals surface area contributed by atoms with Crippen molar-refractivity contribution < 1.29 is 13.9 Å². The third-order valence-corrected chi connectivity index (χ3v) is 4.07. The summed E-state index contributed by atoms with van der Waals surface area (Å²) in [5.74, 6) is -0.581. The number of amides is 1. The van der Waals surface area contributed by atoms with Crippen molar-refractivity contribution in [3.8, 4) is 0 Å². The second-order valence-electron chi connectivity index (χ2n) is 5.53. The van der Waals surface area contributed by atoms with Crippen LogP contribution in [0.1, 0.15) is 21.5 Å². The highest BCUT2D eigenvalue weighted by molar-refractivity contribution is 6.31. The number of nitrogens with two attached hydrogens (primary N) is 1. The zero-order valence-electron chi connectivity index (χ0n) is 13.7. The van der Waals surface area contributed by atoms with E-state index in [0.717, 1.165) is 5.56 Å². The first-order chi connectivity index (χ1) is 11.4. The minimum absolute atomic E-state index is 0.169. The minimum atomic E-state index is -0.412. The monoisotopic (exact) mass is 350 g/mol. The molecule has 0 spiro atoms. The standard InChI is InChI=1S/C18H20ClFN2O2/c1-12-3-6-15(21)10-16(12)18(23)22(7-8-24-2)11-13-4-5-14(20)9-17(13)19/h3-6,9-10H,7-8,11,21H2,1-2H3. The molecule has 0 heterocycles. The molecule has 2 aromatic carbocycles. The Morgan fingerprint density at radius 1 is 1.29 bits per heavy atom. The molecule has 0 radical (unpaired) electrons. The fraction of sp³-hybridized carbons (Fsp3) is 0.278. The summed E-state index contributed by atoms with van der Waals surface area (Å²) in [5.41, 5.74) is 8.36. The Hall–Kier alpha value is -2.11. The maximum Gasteiger partial charge on any atom is 0.254 e. The number of hydrogen-bond donors (Lipinski definition) is 1. The first kappa shape index (κ1) is 18.2. The smallest absolute Gasteiger partial charge is 0.254 e. The molecule has 0 atom stereocenters. The van der Waals surface area contributed by atoms with Crippen molar-refractivity contribution in [1.82, 2.24) is 4.90 Å². The van der Waals surface area contributed by atoms with Gasteiger partial charge in [0, 0.05) is 36.5 Å². The van der Waals surface area contributed by atoms with Gasteiger partial charge in [0.15, 0.2) is 0 Å². The van der Waals surface area contributed by atoms with Gasteiger partial charge in [0.2, 0.25) is 0 Å². The Morgan fingerprint density at radius 2 is 2.04 bits per heavy atom. The number of nitrogens with zero attached hydrogens (tertiary/aromatic N) is 1. The molecule has 24 heavy (non-hydrogen) atoms. The van der Waals surface area contributed by atoms with Gasteiger partial charge in [-0.2, -0.15) is 0 Å². The zero-order valence-corrected chi connectivity index (χ0v) is 14.4. The molecular weight excluding hydrogens is 331 g/mol. The van der Waals surface area contributed by atoms with E-state index in [2.05, 4.69) is 0 Å². The topological polar surface area (TPSA) is 55.6 Å². The molecular formula is C18H20ClFN2O2. The van der Waals surface area contributed by atoms with Crippen LogP contribution >= 0.6 is 11.6 Å². The van der Waals surface area contributed by atoms with Crippen LogP contribution in [0.15, 0.2) is 36.4 Å². The van der Waals surface area contributed by atoms with Crippen LogP contribution < -0.4 is 5.73 Å². The van der Waals surface area contributed by atoms with Gasteiger partial charge < -0.3 is 15.4 Å². The number of hydrogen-bond acceptors (Lipinski definition) is 3. The van der Waals surface area contributed by atoms with Gasteiger partial charge in [-0.1, -0.05) is 23.7 Å². The Labute approximate surface area is 146 Å². The summed E-state index contributed by atoms with van der Waals surface area (Å²) >= 11 is 6.09. The molecule has 0 aromatic heterocycles. The third-order valence-electron chi connectivity index (χ3n) is 3.72. The predicted octanol–water partition coefficient (Wildman–Crippen LogP) is 3.66. The Balaban J connectivity index is 2.30. The number of carbonyl (C=O) groups is 1. The summed E-state index contributed by atoms with van der Waals surface area (Å²) in [6.45, 7) is 2.88. The minimum Gasteiger partial charge on any atom is -0.399 e. The maximum atomic E-state index is 13.2. The number of rotatable bonds is 6. The van der Waals surface area contributed by atoms with Crippen molar-refractivity contribution in [3.63, 3.8) is 0 Å². The zero-order chi connectivity index (χ0) is 17.7. The van der Waals surface area contributed by atoms with Crippen LogP contribution in [0.4, 0.5) is 10.1 Å². The molecule has 6 heteroatoms. The van der Waals surface area contributed by atoms with Crippen molar-refractivity contribution in [2.24, 2.45) is 0 Å². The molecule has 0 aliphatic heterocycles. The first-order valence-electron chi connectivity index (χ1n) is 7.50. The second-order valence-corrected chi connectivity index (χ2v) is 5.94. The van der Waals surface area contributed by atoms with Crippen LogP contribution in [-0.4, -0.2) is 31.1 Å². The molecule has 0 aliphatic carbocycles.